The Morgan fingerprint density at radius 1 is 1.19 bits per heavy atom. The van der Waals surface area contributed by atoms with Gasteiger partial charge in [-0.2, -0.15) is 0 Å². The van der Waals surface area contributed by atoms with Crippen molar-refractivity contribution >= 4 is 16.9 Å². The van der Waals surface area contributed by atoms with Crippen LogP contribution in [0.15, 0.2) is 18.2 Å². The fraction of sp³-hybridized carbons (Fsp3) is 0. The number of rotatable bonds is 1. The number of carboxylic acids is 1. The first kappa shape index (κ1) is 10.3. The number of hydrogen-bond donors (Lipinski definition) is 2. The number of nitrogens with zero attached hydrogens (tertiary/aromatic N) is 1. The van der Waals surface area contributed by atoms with Gasteiger partial charge in [-0.15, -0.1) is 0 Å². The molecule has 1 aromatic heterocycles. The summed E-state index contributed by atoms with van der Waals surface area (Å²) >= 11 is 0. The van der Waals surface area contributed by atoms with Crippen LogP contribution in [0.3, 0.4) is 0 Å². The fourth-order valence-electron chi connectivity index (χ4n) is 1.31. The third-order valence-corrected chi connectivity index (χ3v) is 2.05. The molecule has 0 atom stereocenters. The van der Waals surface area contributed by atoms with Crippen LogP contribution in [0.25, 0.3) is 10.9 Å². The minimum Gasteiger partial charge on any atom is -0.507 e. The number of carbonyl (C=O) groups is 1. The molecule has 4 nitrogen and oxygen atoms in total. The van der Waals surface area contributed by atoms with Crippen molar-refractivity contribution in [1.29, 1.82) is 0 Å². The predicted octanol–water partition coefficient (Wildman–Crippen LogP) is 1.92. The van der Waals surface area contributed by atoms with Gasteiger partial charge in [0.2, 0.25) is 0 Å². The summed E-state index contributed by atoms with van der Waals surface area (Å²) < 4.78 is 25.7. The van der Waals surface area contributed by atoms with Gasteiger partial charge in [0, 0.05) is 17.5 Å². The maximum Gasteiger partial charge on any atom is 0.354 e. The molecule has 2 rings (SSSR count). The van der Waals surface area contributed by atoms with E-state index in [2.05, 4.69) is 4.98 Å². The minimum absolute atomic E-state index is 0.0381. The number of fused-ring (bicyclic) bond motifs is 1. The molecule has 0 unspecified atom stereocenters. The van der Waals surface area contributed by atoms with Gasteiger partial charge in [-0.05, 0) is 6.07 Å². The zero-order valence-corrected chi connectivity index (χ0v) is 7.74. The molecule has 2 aromatic rings. The molecule has 6 heteroatoms. The lowest BCUT2D eigenvalue weighted by Crippen LogP contribution is -2.00. The molecule has 1 heterocycles. The molecule has 0 aliphatic rings. The first-order valence-corrected chi connectivity index (χ1v) is 4.21. The standard InChI is InChI=1S/C10H5F2NO3/c11-5-1-4-7(2-6(5)12)13-8(10(15)16)3-9(4)14/h1-3H,(H,13,14)(H,15,16). The van der Waals surface area contributed by atoms with Crippen LogP contribution in [0.2, 0.25) is 0 Å². The van der Waals surface area contributed by atoms with Gasteiger partial charge in [0.25, 0.3) is 0 Å². The lowest BCUT2D eigenvalue weighted by atomic mass is 10.1. The molecule has 0 amide bonds. The Morgan fingerprint density at radius 2 is 1.81 bits per heavy atom. The molecule has 16 heavy (non-hydrogen) atoms. The zero-order chi connectivity index (χ0) is 11.9. The second kappa shape index (κ2) is 3.41. The molecular weight excluding hydrogens is 220 g/mol. The summed E-state index contributed by atoms with van der Waals surface area (Å²) in [5.41, 5.74) is -0.549. The van der Waals surface area contributed by atoms with Crippen molar-refractivity contribution in [2.45, 2.75) is 0 Å². The van der Waals surface area contributed by atoms with E-state index in [1.165, 1.54) is 0 Å². The highest BCUT2D eigenvalue weighted by atomic mass is 19.2. The van der Waals surface area contributed by atoms with Crippen LogP contribution in [0, 0.1) is 11.6 Å². The Bertz CT molecular complexity index is 598. The number of aromatic hydroxyl groups is 1. The number of aromatic nitrogens is 1. The lowest BCUT2D eigenvalue weighted by molar-refractivity contribution is 0.0690. The summed E-state index contributed by atoms with van der Waals surface area (Å²) in [6.07, 6.45) is 0. The van der Waals surface area contributed by atoms with Gasteiger partial charge in [0.1, 0.15) is 5.75 Å². The van der Waals surface area contributed by atoms with Crippen molar-refractivity contribution in [2.24, 2.45) is 0 Å². The van der Waals surface area contributed by atoms with Crippen molar-refractivity contribution in [3.05, 3.63) is 35.5 Å². The molecule has 0 aliphatic carbocycles. The van der Waals surface area contributed by atoms with E-state index in [4.69, 9.17) is 5.11 Å². The molecule has 0 fully saturated rings. The highest BCUT2D eigenvalue weighted by Crippen LogP contribution is 2.26. The summed E-state index contributed by atoms with van der Waals surface area (Å²) in [7, 11) is 0. The van der Waals surface area contributed by atoms with Gasteiger partial charge in [0.15, 0.2) is 17.3 Å². The topological polar surface area (TPSA) is 70.4 Å². The molecular formula is C10H5F2NO3. The number of halogens is 2. The number of pyridine rings is 1. The Labute approximate surface area is 87.8 Å². The van der Waals surface area contributed by atoms with E-state index >= 15 is 0 Å². The molecule has 0 spiro atoms. The third kappa shape index (κ3) is 1.54. The van der Waals surface area contributed by atoms with E-state index < -0.39 is 29.0 Å². The summed E-state index contributed by atoms with van der Waals surface area (Å²) in [4.78, 5) is 14.2. The third-order valence-electron chi connectivity index (χ3n) is 2.05. The molecule has 0 saturated heterocycles. The van der Waals surface area contributed by atoms with Gasteiger partial charge in [0.05, 0.1) is 5.52 Å². The van der Waals surface area contributed by atoms with Crippen LogP contribution in [0.5, 0.6) is 5.75 Å². The average Bonchev–Trinajstić information content (AvgIpc) is 2.20. The number of carboxylic acid groups (broad SMARTS) is 1. The van der Waals surface area contributed by atoms with E-state index in [-0.39, 0.29) is 10.9 Å². The summed E-state index contributed by atoms with van der Waals surface area (Å²) in [6, 6.07) is 2.37. The quantitative estimate of drug-likeness (QED) is 0.777. The van der Waals surface area contributed by atoms with E-state index in [1.54, 1.807) is 0 Å². The van der Waals surface area contributed by atoms with Crippen LogP contribution < -0.4 is 0 Å². The van der Waals surface area contributed by atoms with Gasteiger partial charge < -0.3 is 10.2 Å². The Morgan fingerprint density at radius 3 is 2.44 bits per heavy atom. The summed E-state index contributed by atoms with van der Waals surface area (Å²) in [5.74, 6) is -4.10. The fourth-order valence-corrected chi connectivity index (χ4v) is 1.31. The Kier molecular flexibility index (Phi) is 2.19. The van der Waals surface area contributed by atoms with E-state index in [9.17, 15) is 18.7 Å². The predicted molar refractivity (Wildman–Crippen MR) is 50.3 cm³/mol. The second-order valence-electron chi connectivity index (χ2n) is 3.12. The Balaban J connectivity index is 2.82. The monoisotopic (exact) mass is 225 g/mol. The van der Waals surface area contributed by atoms with Gasteiger partial charge in [-0.1, -0.05) is 0 Å². The number of benzene rings is 1. The maximum atomic E-state index is 12.9. The molecule has 2 N–H and O–H groups in total. The lowest BCUT2D eigenvalue weighted by Gasteiger charge is -2.03. The van der Waals surface area contributed by atoms with E-state index in [0.29, 0.717) is 0 Å². The van der Waals surface area contributed by atoms with Crippen molar-refractivity contribution in [3.63, 3.8) is 0 Å². The largest absolute Gasteiger partial charge is 0.507 e. The van der Waals surface area contributed by atoms with E-state index in [0.717, 1.165) is 18.2 Å². The van der Waals surface area contributed by atoms with Crippen LogP contribution >= 0.6 is 0 Å². The van der Waals surface area contributed by atoms with E-state index in [1.807, 2.05) is 0 Å². The summed E-state index contributed by atoms with van der Waals surface area (Å²) in [5, 5.41) is 18.0. The van der Waals surface area contributed by atoms with Crippen molar-refractivity contribution in [1.82, 2.24) is 4.98 Å². The van der Waals surface area contributed by atoms with Crippen LogP contribution in [0.4, 0.5) is 8.78 Å². The van der Waals surface area contributed by atoms with Crippen molar-refractivity contribution in [3.8, 4) is 5.75 Å². The molecule has 82 valence electrons. The minimum atomic E-state index is -1.36. The van der Waals surface area contributed by atoms with Crippen molar-refractivity contribution in [2.75, 3.05) is 0 Å². The SMILES string of the molecule is O=C(O)c1cc(O)c2cc(F)c(F)cc2n1. The first-order valence-electron chi connectivity index (χ1n) is 4.21. The highest BCUT2D eigenvalue weighted by molar-refractivity contribution is 5.92. The molecule has 0 bridgehead atoms. The highest BCUT2D eigenvalue weighted by Gasteiger charge is 2.13. The maximum absolute atomic E-state index is 12.9. The Hall–Kier alpha value is -2.24. The van der Waals surface area contributed by atoms with Crippen LogP contribution in [-0.4, -0.2) is 21.2 Å². The van der Waals surface area contributed by atoms with Crippen molar-refractivity contribution < 1.29 is 23.8 Å². The average molecular weight is 225 g/mol. The normalized spacial score (nSPS) is 10.6. The molecule has 0 radical (unpaired) electrons. The first-order chi connectivity index (χ1) is 7.49. The summed E-state index contributed by atoms with van der Waals surface area (Å²) in [6.45, 7) is 0. The molecule has 1 aromatic carbocycles. The van der Waals surface area contributed by atoms with Crippen LogP contribution in [0.1, 0.15) is 10.5 Å². The second-order valence-corrected chi connectivity index (χ2v) is 3.12. The number of aromatic carboxylic acids is 1. The van der Waals surface area contributed by atoms with Crippen LogP contribution in [-0.2, 0) is 0 Å². The van der Waals surface area contributed by atoms with Gasteiger partial charge in [-0.3, -0.25) is 0 Å². The number of hydrogen-bond acceptors (Lipinski definition) is 3. The molecule has 0 saturated carbocycles. The zero-order valence-electron chi connectivity index (χ0n) is 7.74. The van der Waals surface area contributed by atoms with Gasteiger partial charge in [-0.25, -0.2) is 18.6 Å². The molecule has 0 aliphatic heterocycles. The van der Waals surface area contributed by atoms with Gasteiger partial charge >= 0.3 is 5.97 Å². The smallest absolute Gasteiger partial charge is 0.354 e.